The maximum atomic E-state index is 13.5. The highest BCUT2D eigenvalue weighted by Gasteiger charge is 2.41. The van der Waals surface area contributed by atoms with Crippen molar-refractivity contribution in [2.75, 3.05) is 0 Å². The first-order valence-corrected chi connectivity index (χ1v) is 10.9. The van der Waals surface area contributed by atoms with Crippen LogP contribution in [0.2, 0.25) is 0 Å². The van der Waals surface area contributed by atoms with Crippen LogP contribution in [0.1, 0.15) is 57.7 Å². The molecule has 0 bridgehead atoms. The summed E-state index contributed by atoms with van der Waals surface area (Å²) in [7, 11) is 0. The number of allylic oxidation sites excluding steroid dienone is 5. The highest BCUT2D eigenvalue weighted by atomic mass is 32.2. The SMILES string of the molecule is C=C/C=C(C)\C=C(/C)c1nc(C(F)(F)F)nn1C(CC)(CC)OSCc1ccccc1. The predicted octanol–water partition coefficient (Wildman–Crippen LogP) is 7.17. The molecule has 0 fully saturated rings. The minimum atomic E-state index is -4.66. The summed E-state index contributed by atoms with van der Waals surface area (Å²) in [5, 5.41) is 3.86. The van der Waals surface area contributed by atoms with Gasteiger partial charge in [-0.1, -0.05) is 74.6 Å². The molecule has 0 aliphatic rings. The van der Waals surface area contributed by atoms with Gasteiger partial charge in [0.1, 0.15) is 0 Å². The highest BCUT2D eigenvalue weighted by molar-refractivity contribution is 7.93. The maximum absolute atomic E-state index is 13.5. The zero-order valence-electron chi connectivity index (χ0n) is 18.2. The summed E-state index contributed by atoms with van der Waals surface area (Å²) in [5.74, 6) is -0.480. The molecule has 1 aromatic carbocycles. The average molecular weight is 452 g/mol. The third-order valence-electron chi connectivity index (χ3n) is 4.81. The Bertz CT molecular complexity index is 929. The molecular formula is C23H28F3N3OS. The topological polar surface area (TPSA) is 39.9 Å². The van der Waals surface area contributed by atoms with Crippen LogP contribution in [-0.2, 0) is 21.8 Å². The lowest BCUT2D eigenvalue weighted by Gasteiger charge is -2.32. The van der Waals surface area contributed by atoms with Crippen molar-refractivity contribution >= 4 is 17.6 Å². The van der Waals surface area contributed by atoms with Crippen LogP contribution in [0.4, 0.5) is 13.2 Å². The molecule has 4 nitrogen and oxygen atoms in total. The quantitative estimate of drug-likeness (QED) is 0.284. The first-order chi connectivity index (χ1) is 14.7. The first-order valence-electron chi connectivity index (χ1n) is 10.0. The Balaban J connectivity index is 2.47. The van der Waals surface area contributed by atoms with Crippen LogP contribution in [0.3, 0.4) is 0 Å². The second-order valence-corrected chi connectivity index (χ2v) is 7.82. The number of halogens is 3. The normalized spacial score (nSPS) is 13.5. The molecule has 1 aromatic heterocycles. The van der Waals surface area contributed by atoms with Crippen LogP contribution in [0.25, 0.3) is 5.57 Å². The number of hydrogen-bond donors (Lipinski definition) is 0. The summed E-state index contributed by atoms with van der Waals surface area (Å²) in [5.41, 5.74) is 1.39. The lowest BCUT2D eigenvalue weighted by atomic mass is 10.1. The zero-order valence-corrected chi connectivity index (χ0v) is 19.1. The smallest absolute Gasteiger partial charge is 0.285 e. The average Bonchev–Trinajstić information content (AvgIpc) is 3.19. The van der Waals surface area contributed by atoms with Crippen LogP contribution >= 0.6 is 12.0 Å². The van der Waals surface area contributed by atoms with E-state index in [4.69, 9.17) is 4.18 Å². The van der Waals surface area contributed by atoms with Gasteiger partial charge in [0, 0.05) is 5.75 Å². The molecule has 0 amide bonds. The van der Waals surface area contributed by atoms with E-state index in [1.807, 2.05) is 51.1 Å². The molecule has 0 saturated carbocycles. The summed E-state index contributed by atoms with van der Waals surface area (Å²) >= 11 is 1.20. The van der Waals surface area contributed by atoms with Crippen molar-refractivity contribution in [1.29, 1.82) is 0 Å². The summed E-state index contributed by atoms with van der Waals surface area (Å²) in [6.45, 7) is 10.9. The second-order valence-electron chi connectivity index (χ2n) is 7.13. The van der Waals surface area contributed by atoms with Crippen molar-refractivity contribution in [3.05, 3.63) is 77.9 Å². The summed E-state index contributed by atoms with van der Waals surface area (Å²) < 4.78 is 47.8. The number of aromatic nitrogens is 3. The number of benzene rings is 1. The van der Waals surface area contributed by atoms with Gasteiger partial charge in [0.15, 0.2) is 11.5 Å². The van der Waals surface area contributed by atoms with Gasteiger partial charge in [-0.3, -0.25) is 4.18 Å². The van der Waals surface area contributed by atoms with Crippen molar-refractivity contribution < 1.29 is 17.4 Å². The fourth-order valence-electron chi connectivity index (χ4n) is 3.10. The van der Waals surface area contributed by atoms with Crippen LogP contribution in [0, 0.1) is 0 Å². The fraction of sp³-hybridized carbons (Fsp3) is 0.391. The van der Waals surface area contributed by atoms with E-state index in [1.54, 1.807) is 25.2 Å². The predicted molar refractivity (Wildman–Crippen MR) is 120 cm³/mol. The standard InChI is InChI=1S/C23H28F3N3OS/c1-6-12-17(4)15-18(5)20-27-21(23(24,25)26)28-29(20)22(7-2,8-3)30-31-16-19-13-10-9-11-14-19/h6,9-15H,1,7-8,16H2,2-5H3/b17-12-,18-15+. The van der Waals surface area contributed by atoms with E-state index < -0.39 is 17.7 Å². The van der Waals surface area contributed by atoms with E-state index in [0.29, 0.717) is 24.2 Å². The van der Waals surface area contributed by atoms with Crippen molar-refractivity contribution in [3.63, 3.8) is 0 Å². The van der Waals surface area contributed by atoms with Crippen molar-refractivity contribution in [2.24, 2.45) is 0 Å². The molecule has 2 rings (SSSR count). The van der Waals surface area contributed by atoms with Gasteiger partial charge in [-0.25, -0.2) is 9.67 Å². The monoisotopic (exact) mass is 451 g/mol. The van der Waals surface area contributed by atoms with Crippen LogP contribution in [-0.4, -0.2) is 14.8 Å². The Morgan fingerprint density at radius 2 is 1.81 bits per heavy atom. The minimum absolute atomic E-state index is 0.133. The van der Waals surface area contributed by atoms with E-state index in [9.17, 15) is 13.2 Å². The summed E-state index contributed by atoms with van der Waals surface area (Å²) in [4.78, 5) is 3.84. The summed E-state index contributed by atoms with van der Waals surface area (Å²) in [6.07, 6.45) is 1.35. The first kappa shape index (κ1) is 24.9. The molecule has 0 aliphatic carbocycles. The van der Waals surface area contributed by atoms with Gasteiger partial charge in [-0.15, -0.1) is 5.10 Å². The molecule has 0 aliphatic heterocycles. The summed E-state index contributed by atoms with van der Waals surface area (Å²) in [6, 6.07) is 9.73. The number of hydrogen-bond acceptors (Lipinski definition) is 4. The molecule has 0 spiro atoms. The molecule has 0 atom stereocenters. The van der Waals surface area contributed by atoms with E-state index in [-0.39, 0.29) is 5.82 Å². The Kier molecular flexibility index (Phi) is 8.70. The van der Waals surface area contributed by atoms with E-state index >= 15 is 0 Å². The van der Waals surface area contributed by atoms with Gasteiger partial charge in [0.05, 0.1) is 0 Å². The number of rotatable bonds is 10. The second kappa shape index (κ2) is 10.8. The van der Waals surface area contributed by atoms with Crippen LogP contribution in [0.5, 0.6) is 0 Å². The van der Waals surface area contributed by atoms with E-state index in [0.717, 1.165) is 11.1 Å². The largest absolute Gasteiger partial charge is 0.453 e. The molecule has 0 saturated heterocycles. The highest BCUT2D eigenvalue weighted by Crippen LogP contribution is 2.37. The zero-order chi connectivity index (χ0) is 23.1. The van der Waals surface area contributed by atoms with Crippen LogP contribution in [0.15, 0.2) is 60.7 Å². The number of nitrogens with zero attached hydrogens (tertiary/aromatic N) is 3. The molecule has 0 N–H and O–H groups in total. The Morgan fingerprint density at radius 3 is 2.35 bits per heavy atom. The third kappa shape index (κ3) is 6.33. The fourth-order valence-corrected chi connectivity index (χ4v) is 4.01. The van der Waals surface area contributed by atoms with Crippen molar-refractivity contribution in [2.45, 2.75) is 58.2 Å². The minimum Gasteiger partial charge on any atom is -0.285 e. The molecule has 31 heavy (non-hydrogen) atoms. The molecule has 168 valence electrons. The molecular weight excluding hydrogens is 423 g/mol. The van der Waals surface area contributed by atoms with Gasteiger partial charge < -0.3 is 0 Å². The Labute approximate surface area is 186 Å². The van der Waals surface area contributed by atoms with Crippen molar-refractivity contribution in [1.82, 2.24) is 14.8 Å². The Morgan fingerprint density at radius 1 is 1.16 bits per heavy atom. The molecule has 0 unspecified atom stereocenters. The third-order valence-corrected chi connectivity index (χ3v) is 5.69. The lowest BCUT2D eigenvalue weighted by Crippen LogP contribution is -2.36. The lowest BCUT2D eigenvalue weighted by molar-refractivity contribution is -0.145. The van der Waals surface area contributed by atoms with E-state index in [1.165, 1.54) is 16.7 Å². The van der Waals surface area contributed by atoms with Gasteiger partial charge in [0.2, 0.25) is 0 Å². The van der Waals surface area contributed by atoms with Crippen LogP contribution < -0.4 is 0 Å². The van der Waals surface area contributed by atoms with Gasteiger partial charge in [-0.05, 0) is 49.9 Å². The van der Waals surface area contributed by atoms with E-state index in [2.05, 4.69) is 16.7 Å². The van der Waals surface area contributed by atoms with Gasteiger partial charge in [0.25, 0.3) is 5.82 Å². The maximum Gasteiger partial charge on any atom is 0.453 e. The van der Waals surface area contributed by atoms with Gasteiger partial charge >= 0.3 is 6.18 Å². The Hall–Kier alpha value is -2.32. The van der Waals surface area contributed by atoms with Crippen molar-refractivity contribution in [3.8, 4) is 0 Å². The van der Waals surface area contributed by atoms with Gasteiger partial charge in [-0.2, -0.15) is 13.2 Å². The molecule has 0 radical (unpaired) electrons. The number of alkyl halides is 3. The molecule has 2 aromatic rings. The molecule has 1 heterocycles. The molecule has 8 heteroatoms.